The van der Waals surface area contributed by atoms with Crippen molar-refractivity contribution >= 4 is 11.9 Å². The number of nitrogens with two attached hydrogens (primary N) is 1. The summed E-state index contributed by atoms with van der Waals surface area (Å²) < 4.78 is 9.89. The van der Waals surface area contributed by atoms with Gasteiger partial charge >= 0.3 is 5.97 Å². The average molecular weight is 302 g/mol. The predicted octanol–water partition coefficient (Wildman–Crippen LogP) is 1.04. The highest BCUT2D eigenvalue weighted by atomic mass is 16.5. The van der Waals surface area contributed by atoms with Crippen molar-refractivity contribution in [1.82, 2.24) is 4.90 Å². The van der Waals surface area contributed by atoms with Crippen molar-refractivity contribution in [2.45, 2.75) is 33.6 Å². The molecule has 0 aliphatic carbocycles. The first-order chi connectivity index (χ1) is 9.94. The Bertz CT molecular complexity index is 308. The van der Waals surface area contributed by atoms with Gasteiger partial charge in [-0.1, -0.05) is 13.8 Å². The van der Waals surface area contributed by atoms with Crippen LogP contribution in [-0.2, 0) is 19.1 Å². The maximum Gasteiger partial charge on any atom is 0.325 e. The van der Waals surface area contributed by atoms with Crippen molar-refractivity contribution in [2.24, 2.45) is 17.6 Å². The second-order valence-corrected chi connectivity index (χ2v) is 5.55. The number of nitrogens with zero attached hydrogens (tertiary/aromatic N) is 1. The van der Waals surface area contributed by atoms with Gasteiger partial charge in [-0.15, -0.1) is 0 Å². The second-order valence-electron chi connectivity index (χ2n) is 5.55. The summed E-state index contributed by atoms with van der Waals surface area (Å²) in [6.07, 6.45) is 1.26. The van der Waals surface area contributed by atoms with Crippen molar-refractivity contribution in [3.63, 3.8) is 0 Å². The zero-order valence-corrected chi connectivity index (χ0v) is 13.8. The van der Waals surface area contributed by atoms with E-state index in [0.717, 1.165) is 6.42 Å². The molecular formula is C15H30N2O4. The minimum atomic E-state index is -0.393. The summed E-state index contributed by atoms with van der Waals surface area (Å²) in [6.45, 7) is 7.48. The number of ether oxygens (including phenoxy) is 2. The van der Waals surface area contributed by atoms with Gasteiger partial charge in [0.25, 0.3) is 0 Å². The summed E-state index contributed by atoms with van der Waals surface area (Å²) in [5, 5.41) is 0. The number of esters is 1. The van der Waals surface area contributed by atoms with E-state index in [2.05, 4.69) is 13.8 Å². The summed E-state index contributed by atoms with van der Waals surface area (Å²) in [4.78, 5) is 25.4. The quantitative estimate of drug-likeness (QED) is 0.577. The summed E-state index contributed by atoms with van der Waals surface area (Å²) >= 11 is 0. The topological polar surface area (TPSA) is 81.9 Å². The van der Waals surface area contributed by atoms with E-state index in [1.54, 1.807) is 14.0 Å². The normalized spacial score (nSPS) is 12.3. The third kappa shape index (κ3) is 9.42. The maximum absolute atomic E-state index is 12.3. The monoisotopic (exact) mass is 302 g/mol. The van der Waals surface area contributed by atoms with Crippen LogP contribution in [0.3, 0.4) is 0 Å². The molecule has 0 aliphatic rings. The SMILES string of the molecule is CCOC(=O)CN(CCOC)C(=O)C[C@@H](CN)CC(C)C. The highest BCUT2D eigenvalue weighted by molar-refractivity contribution is 5.82. The van der Waals surface area contributed by atoms with Gasteiger partial charge in [-0.2, -0.15) is 0 Å². The van der Waals surface area contributed by atoms with Crippen molar-refractivity contribution in [2.75, 3.05) is 40.0 Å². The van der Waals surface area contributed by atoms with Crippen LogP contribution < -0.4 is 5.73 Å². The van der Waals surface area contributed by atoms with Crippen LogP contribution in [0.2, 0.25) is 0 Å². The molecule has 0 aromatic rings. The van der Waals surface area contributed by atoms with Crippen molar-refractivity contribution in [3.05, 3.63) is 0 Å². The fraction of sp³-hybridized carbons (Fsp3) is 0.867. The van der Waals surface area contributed by atoms with E-state index >= 15 is 0 Å². The van der Waals surface area contributed by atoms with Crippen LogP contribution in [0.1, 0.15) is 33.6 Å². The Morgan fingerprint density at radius 2 is 1.95 bits per heavy atom. The molecule has 0 fully saturated rings. The molecule has 6 heteroatoms. The number of carbonyl (C=O) groups excluding carboxylic acids is 2. The largest absolute Gasteiger partial charge is 0.465 e. The first kappa shape index (κ1) is 19.9. The van der Waals surface area contributed by atoms with Gasteiger partial charge in [-0.25, -0.2) is 0 Å². The molecule has 0 saturated carbocycles. The van der Waals surface area contributed by atoms with E-state index in [4.69, 9.17) is 15.2 Å². The number of hydrogen-bond donors (Lipinski definition) is 1. The molecular weight excluding hydrogens is 272 g/mol. The number of methoxy groups -OCH3 is 1. The Hall–Kier alpha value is -1.14. The molecule has 0 radical (unpaired) electrons. The number of amides is 1. The highest BCUT2D eigenvalue weighted by Crippen LogP contribution is 2.15. The van der Waals surface area contributed by atoms with Crippen LogP contribution in [0, 0.1) is 11.8 Å². The first-order valence-electron chi connectivity index (χ1n) is 7.56. The summed E-state index contributed by atoms with van der Waals surface area (Å²) in [5.41, 5.74) is 5.73. The minimum absolute atomic E-state index is 0.0327. The summed E-state index contributed by atoms with van der Waals surface area (Å²) in [5.74, 6) is 0.167. The lowest BCUT2D eigenvalue weighted by Crippen LogP contribution is -2.40. The molecule has 2 N–H and O–H groups in total. The molecule has 0 heterocycles. The molecule has 0 aromatic carbocycles. The molecule has 0 aliphatic heterocycles. The van der Waals surface area contributed by atoms with E-state index in [-0.39, 0.29) is 18.4 Å². The van der Waals surface area contributed by atoms with E-state index in [0.29, 0.717) is 38.6 Å². The van der Waals surface area contributed by atoms with Crippen LogP contribution in [0.5, 0.6) is 0 Å². The van der Waals surface area contributed by atoms with E-state index in [1.807, 2.05) is 0 Å². The second kappa shape index (κ2) is 11.5. The van der Waals surface area contributed by atoms with Crippen LogP contribution in [-0.4, -0.2) is 56.7 Å². The third-order valence-electron chi connectivity index (χ3n) is 3.14. The van der Waals surface area contributed by atoms with Crippen LogP contribution in [0.4, 0.5) is 0 Å². The molecule has 0 unspecified atom stereocenters. The number of carbonyl (C=O) groups is 2. The molecule has 0 bridgehead atoms. The average Bonchev–Trinajstić information content (AvgIpc) is 2.42. The van der Waals surface area contributed by atoms with Gasteiger partial charge in [0.05, 0.1) is 13.2 Å². The smallest absolute Gasteiger partial charge is 0.325 e. The Labute approximate surface area is 127 Å². The molecule has 6 nitrogen and oxygen atoms in total. The Morgan fingerprint density at radius 1 is 1.29 bits per heavy atom. The van der Waals surface area contributed by atoms with Crippen LogP contribution in [0.25, 0.3) is 0 Å². The zero-order chi connectivity index (χ0) is 16.3. The van der Waals surface area contributed by atoms with E-state index in [9.17, 15) is 9.59 Å². The first-order valence-corrected chi connectivity index (χ1v) is 7.56. The standard InChI is InChI=1S/C15H30N2O4/c1-5-21-15(19)11-17(6-7-20-4)14(18)9-13(10-16)8-12(2)3/h12-13H,5-11,16H2,1-4H3/t13-/m0/s1. The Morgan fingerprint density at radius 3 is 2.43 bits per heavy atom. The molecule has 0 saturated heterocycles. The van der Waals surface area contributed by atoms with Gasteiger partial charge in [0, 0.05) is 20.1 Å². The van der Waals surface area contributed by atoms with Crippen molar-refractivity contribution in [1.29, 1.82) is 0 Å². The van der Waals surface area contributed by atoms with Gasteiger partial charge < -0.3 is 20.1 Å². The fourth-order valence-electron chi connectivity index (χ4n) is 2.16. The molecule has 0 aromatic heterocycles. The van der Waals surface area contributed by atoms with Gasteiger partial charge in [0.15, 0.2) is 0 Å². The van der Waals surface area contributed by atoms with Gasteiger partial charge in [0.1, 0.15) is 6.54 Å². The maximum atomic E-state index is 12.3. The third-order valence-corrected chi connectivity index (χ3v) is 3.14. The summed E-state index contributed by atoms with van der Waals surface area (Å²) in [6, 6.07) is 0. The number of hydrogen-bond acceptors (Lipinski definition) is 5. The van der Waals surface area contributed by atoms with Crippen molar-refractivity contribution < 1.29 is 19.1 Å². The predicted molar refractivity (Wildman–Crippen MR) is 81.7 cm³/mol. The summed E-state index contributed by atoms with van der Waals surface area (Å²) in [7, 11) is 1.56. The van der Waals surface area contributed by atoms with E-state index < -0.39 is 5.97 Å². The van der Waals surface area contributed by atoms with Gasteiger partial charge in [-0.3, -0.25) is 9.59 Å². The minimum Gasteiger partial charge on any atom is -0.465 e. The molecule has 0 rings (SSSR count). The lowest BCUT2D eigenvalue weighted by atomic mass is 9.94. The zero-order valence-electron chi connectivity index (χ0n) is 13.8. The lowest BCUT2D eigenvalue weighted by molar-refractivity contribution is -0.149. The Balaban J connectivity index is 4.57. The molecule has 1 atom stereocenters. The van der Waals surface area contributed by atoms with Crippen LogP contribution in [0.15, 0.2) is 0 Å². The highest BCUT2D eigenvalue weighted by Gasteiger charge is 2.21. The molecule has 124 valence electrons. The lowest BCUT2D eigenvalue weighted by Gasteiger charge is -2.24. The fourth-order valence-corrected chi connectivity index (χ4v) is 2.16. The van der Waals surface area contributed by atoms with Gasteiger partial charge in [-0.05, 0) is 31.7 Å². The molecule has 0 spiro atoms. The number of rotatable bonds is 11. The van der Waals surface area contributed by atoms with Gasteiger partial charge in [0.2, 0.25) is 5.91 Å². The van der Waals surface area contributed by atoms with Crippen LogP contribution >= 0.6 is 0 Å². The molecule has 1 amide bonds. The Kier molecular flexibility index (Phi) is 10.9. The van der Waals surface area contributed by atoms with Crippen molar-refractivity contribution in [3.8, 4) is 0 Å². The van der Waals surface area contributed by atoms with E-state index in [1.165, 1.54) is 4.90 Å². The molecule has 21 heavy (non-hydrogen) atoms.